The van der Waals surface area contributed by atoms with Crippen molar-refractivity contribution in [1.29, 1.82) is 0 Å². The maximum Gasteiger partial charge on any atom is 0.115 e. The van der Waals surface area contributed by atoms with Gasteiger partial charge in [-0.05, 0) is 66.3 Å². The Morgan fingerprint density at radius 3 is 2.40 bits per heavy atom. The van der Waals surface area contributed by atoms with Gasteiger partial charge in [-0.25, -0.2) is 0 Å². The number of allylic oxidation sites excluding steroid dienone is 1. The maximum absolute atomic E-state index is 9.30. The van der Waals surface area contributed by atoms with Gasteiger partial charge < -0.3 is 10.4 Å². The number of anilines is 1. The number of hydrogen-bond acceptors (Lipinski definition) is 3. The minimum atomic E-state index is 0.269. The monoisotopic (exact) mass is 330 g/mol. The number of phenolic OH excluding ortho intramolecular Hbond substituents is 1. The number of phenols is 1. The fraction of sp³-hybridized carbons (Fsp3) is 0.136. The normalized spacial score (nSPS) is 10.4. The standard InChI is InChI=1S/C22H22N2O/c1-17(24-21-11-13-22(25)14-12-21)4-2-5-18-7-9-19(10-8-18)20-6-3-15-23-16-20/h3,6-16,24-25H,1-2,4-5H2. The molecule has 0 saturated carbocycles. The van der Waals surface area contributed by atoms with E-state index in [1.165, 1.54) is 11.1 Å². The lowest BCUT2D eigenvalue weighted by Crippen LogP contribution is -1.98. The van der Waals surface area contributed by atoms with E-state index in [0.29, 0.717) is 0 Å². The molecule has 25 heavy (non-hydrogen) atoms. The zero-order valence-electron chi connectivity index (χ0n) is 14.2. The highest BCUT2D eigenvalue weighted by molar-refractivity contribution is 5.62. The predicted octanol–water partition coefficient (Wildman–Crippen LogP) is 5.40. The summed E-state index contributed by atoms with van der Waals surface area (Å²) in [7, 11) is 0. The Kier molecular flexibility index (Phi) is 5.47. The molecule has 3 nitrogen and oxygen atoms in total. The summed E-state index contributed by atoms with van der Waals surface area (Å²) in [5.74, 6) is 0.269. The van der Waals surface area contributed by atoms with Gasteiger partial charge in [-0.15, -0.1) is 0 Å². The summed E-state index contributed by atoms with van der Waals surface area (Å²) < 4.78 is 0. The Morgan fingerprint density at radius 2 is 1.72 bits per heavy atom. The molecule has 0 fully saturated rings. The number of pyridine rings is 1. The molecule has 2 N–H and O–H groups in total. The third-order valence-corrected chi connectivity index (χ3v) is 4.08. The lowest BCUT2D eigenvalue weighted by Gasteiger charge is -2.10. The Bertz CT molecular complexity index is 809. The molecule has 3 rings (SSSR count). The van der Waals surface area contributed by atoms with Crippen molar-refractivity contribution in [2.24, 2.45) is 0 Å². The van der Waals surface area contributed by atoms with Crippen molar-refractivity contribution in [2.45, 2.75) is 19.3 Å². The van der Waals surface area contributed by atoms with Crippen molar-refractivity contribution in [1.82, 2.24) is 4.98 Å². The van der Waals surface area contributed by atoms with Crippen molar-refractivity contribution < 1.29 is 5.11 Å². The largest absolute Gasteiger partial charge is 0.508 e. The number of hydrogen-bond donors (Lipinski definition) is 2. The van der Waals surface area contributed by atoms with Crippen LogP contribution in [0.2, 0.25) is 0 Å². The summed E-state index contributed by atoms with van der Waals surface area (Å²) in [5.41, 5.74) is 5.59. The first kappa shape index (κ1) is 16.8. The first-order valence-corrected chi connectivity index (χ1v) is 8.44. The van der Waals surface area contributed by atoms with E-state index in [1.807, 2.05) is 24.4 Å². The maximum atomic E-state index is 9.30. The summed E-state index contributed by atoms with van der Waals surface area (Å²) in [6.45, 7) is 4.08. The van der Waals surface area contributed by atoms with Gasteiger partial charge in [-0.3, -0.25) is 4.98 Å². The van der Waals surface area contributed by atoms with E-state index in [0.717, 1.165) is 36.2 Å². The Balaban J connectivity index is 1.47. The molecule has 0 aliphatic rings. The van der Waals surface area contributed by atoms with Crippen LogP contribution in [0.4, 0.5) is 5.69 Å². The Hall–Kier alpha value is -3.07. The molecule has 3 heteroatoms. The summed E-state index contributed by atoms with van der Waals surface area (Å²) in [5, 5.41) is 12.6. The van der Waals surface area contributed by atoms with Crippen molar-refractivity contribution in [3.63, 3.8) is 0 Å². The molecule has 0 saturated heterocycles. The van der Waals surface area contributed by atoms with Crippen molar-refractivity contribution in [2.75, 3.05) is 5.32 Å². The van der Waals surface area contributed by atoms with E-state index in [4.69, 9.17) is 0 Å². The van der Waals surface area contributed by atoms with Gasteiger partial charge in [0, 0.05) is 23.8 Å². The van der Waals surface area contributed by atoms with Gasteiger partial charge in [0.25, 0.3) is 0 Å². The minimum absolute atomic E-state index is 0.269. The van der Waals surface area contributed by atoms with Gasteiger partial charge in [0.15, 0.2) is 0 Å². The van der Waals surface area contributed by atoms with E-state index in [9.17, 15) is 5.11 Å². The third kappa shape index (κ3) is 4.95. The van der Waals surface area contributed by atoms with Gasteiger partial charge in [0.05, 0.1) is 0 Å². The molecular weight excluding hydrogens is 308 g/mol. The molecule has 126 valence electrons. The van der Waals surface area contributed by atoms with Crippen molar-refractivity contribution in [3.8, 4) is 16.9 Å². The summed E-state index contributed by atoms with van der Waals surface area (Å²) in [4.78, 5) is 4.16. The zero-order chi connectivity index (χ0) is 17.5. The number of nitrogens with one attached hydrogen (secondary N) is 1. The zero-order valence-corrected chi connectivity index (χ0v) is 14.2. The fourth-order valence-electron chi connectivity index (χ4n) is 2.71. The van der Waals surface area contributed by atoms with Gasteiger partial charge in [0.2, 0.25) is 0 Å². The topological polar surface area (TPSA) is 45.2 Å². The smallest absolute Gasteiger partial charge is 0.115 e. The fourth-order valence-corrected chi connectivity index (χ4v) is 2.71. The first-order chi connectivity index (χ1) is 12.2. The molecule has 1 aromatic heterocycles. The Labute approximate surface area is 148 Å². The second-order valence-electron chi connectivity index (χ2n) is 6.07. The van der Waals surface area contributed by atoms with Crippen LogP contribution < -0.4 is 5.32 Å². The quantitative estimate of drug-likeness (QED) is 0.570. The highest BCUT2D eigenvalue weighted by atomic mass is 16.3. The van der Waals surface area contributed by atoms with Gasteiger partial charge in [-0.1, -0.05) is 36.9 Å². The van der Waals surface area contributed by atoms with Crippen LogP contribution >= 0.6 is 0 Å². The van der Waals surface area contributed by atoms with Crippen LogP contribution in [-0.2, 0) is 6.42 Å². The molecule has 0 radical (unpaired) electrons. The molecule has 0 aliphatic carbocycles. The SMILES string of the molecule is C=C(CCCc1ccc(-c2cccnc2)cc1)Nc1ccc(O)cc1. The highest BCUT2D eigenvalue weighted by Crippen LogP contribution is 2.20. The van der Waals surface area contributed by atoms with E-state index < -0.39 is 0 Å². The first-order valence-electron chi connectivity index (χ1n) is 8.44. The van der Waals surface area contributed by atoms with Crippen molar-refractivity contribution >= 4 is 5.69 Å². The molecule has 1 heterocycles. The lowest BCUT2D eigenvalue weighted by molar-refractivity contribution is 0.475. The van der Waals surface area contributed by atoms with Crippen LogP contribution in [0.25, 0.3) is 11.1 Å². The van der Waals surface area contributed by atoms with Crippen molar-refractivity contribution in [3.05, 3.63) is 90.9 Å². The van der Waals surface area contributed by atoms with Gasteiger partial charge >= 0.3 is 0 Å². The molecular formula is C22H22N2O. The van der Waals surface area contributed by atoms with Crippen LogP contribution in [0.3, 0.4) is 0 Å². The number of aromatic nitrogens is 1. The molecule has 0 spiro atoms. The number of aromatic hydroxyl groups is 1. The lowest BCUT2D eigenvalue weighted by atomic mass is 10.0. The highest BCUT2D eigenvalue weighted by Gasteiger charge is 2.00. The van der Waals surface area contributed by atoms with E-state index >= 15 is 0 Å². The molecule has 0 atom stereocenters. The number of rotatable bonds is 7. The molecule has 0 bridgehead atoms. The Morgan fingerprint density at radius 1 is 0.960 bits per heavy atom. The van der Waals surface area contributed by atoms with E-state index in [2.05, 4.69) is 47.2 Å². The summed E-state index contributed by atoms with van der Waals surface area (Å²) >= 11 is 0. The molecule has 0 aliphatic heterocycles. The average molecular weight is 330 g/mol. The van der Waals surface area contributed by atoms with Crippen LogP contribution in [-0.4, -0.2) is 10.1 Å². The van der Waals surface area contributed by atoms with Crippen LogP contribution in [0.15, 0.2) is 85.3 Å². The number of aryl methyl sites for hydroxylation is 1. The second kappa shape index (κ2) is 8.15. The minimum Gasteiger partial charge on any atom is -0.508 e. The van der Waals surface area contributed by atoms with Gasteiger partial charge in [0.1, 0.15) is 5.75 Å². The third-order valence-electron chi connectivity index (χ3n) is 4.08. The molecule has 0 unspecified atom stereocenters. The number of benzene rings is 2. The summed E-state index contributed by atoms with van der Waals surface area (Å²) in [6, 6.07) is 19.7. The van der Waals surface area contributed by atoms with Gasteiger partial charge in [-0.2, -0.15) is 0 Å². The van der Waals surface area contributed by atoms with Crippen LogP contribution in [0.5, 0.6) is 5.75 Å². The predicted molar refractivity (Wildman–Crippen MR) is 103 cm³/mol. The molecule has 3 aromatic rings. The summed E-state index contributed by atoms with van der Waals surface area (Å²) in [6.07, 6.45) is 6.63. The molecule has 0 amide bonds. The average Bonchev–Trinajstić information content (AvgIpc) is 2.65. The van der Waals surface area contributed by atoms with Crippen LogP contribution in [0.1, 0.15) is 18.4 Å². The van der Waals surface area contributed by atoms with Crippen LogP contribution in [0, 0.1) is 0 Å². The van der Waals surface area contributed by atoms with E-state index in [1.54, 1.807) is 18.3 Å². The van der Waals surface area contributed by atoms with E-state index in [-0.39, 0.29) is 5.75 Å². The molecule has 2 aromatic carbocycles. The number of nitrogens with zero attached hydrogens (tertiary/aromatic N) is 1. The second-order valence-corrected chi connectivity index (χ2v) is 6.07.